The molecule has 28 heavy (non-hydrogen) atoms. The van der Waals surface area contributed by atoms with Crippen molar-refractivity contribution in [2.45, 2.75) is 38.6 Å². The molecule has 2 amide bonds. The molecule has 0 spiro atoms. The van der Waals surface area contributed by atoms with Crippen molar-refractivity contribution >= 4 is 11.8 Å². The topological polar surface area (TPSA) is 49.4 Å². The van der Waals surface area contributed by atoms with Gasteiger partial charge in [-0.2, -0.15) is 0 Å². The Balaban J connectivity index is 1.25. The highest BCUT2D eigenvalue weighted by Crippen LogP contribution is 2.28. The van der Waals surface area contributed by atoms with Gasteiger partial charge < -0.3 is 10.2 Å². The van der Waals surface area contributed by atoms with Crippen molar-refractivity contribution < 1.29 is 9.59 Å². The van der Waals surface area contributed by atoms with E-state index < -0.39 is 0 Å². The van der Waals surface area contributed by atoms with Crippen molar-refractivity contribution in [2.24, 2.45) is 11.8 Å². The molecule has 2 aliphatic rings. The van der Waals surface area contributed by atoms with Crippen LogP contribution in [-0.4, -0.2) is 29.8 Å². The summed E-state index contributed by atoms with van der Waals surface area (Å²) in [6, 6.07) is 18.3. The smallest absolute Gasteiger partial charge is 0.253 e. The predicted molar refractivity (Wildman–Crippen MR) is 110 cm³/mol. The molecular formula is C24H28N2O2. The maximum Gasteiger partial charge on any atom is 0.253 e. The zero-order chi connectivity index (χ0) is 19.3. The number of hydrogen-bond acceptors (Lipinski definition) is 2. The lowest BCUT2D eigenvalue weighted by Gasteiger charge is -2.32. The van der Waals surface area contributed by atoms with Crippen LogP contribution < -0.4 is 5.32 Å². The second-order valence-electron chi connectivity index (χ2n) is 8.11. The number of amides is 2. The number of carbonyl (C=O) groups is 2. The summed E-state index contributed by atoms with van der Waals surface area (Å²) in [7, 11) is 0. The highest BCUT2D eigenvalue weighted by molar-refractivity contribution is 5.94. The largest absolute Gasteiger partial charge is 0.352 e. The summed E-state index contributed by atoms with van der Waals surface area (Å²) in [5, 5.41) is 2.96. The van der Waals surface area contributed by atoms with Crippen LogP contribution in [0, 0.1) is 11.8 Å². The van der Waals surface area contributed by atoms with Gasteiger partial charge in [0.2, 0.25) is 5.91 Å². The Morgan fingerprint density at radius 1 is 0.857 bits per heavy atom. The molecule has 1 saturated heterocycles. The molecule has 1 saturated carbocycles. The quantitative estimate of drug-likeness (QED) is 0.833. The molecule has 1 N–H and O–H groups in total. The van der Waals surface area contributed by atoms with Crippen molar-refractivity contribution in [2.75, 3.05) is 13.1 Å². The van der Waals surface area contributed by atoms with Crippen LogP contribution in [0.15, 0.2) is 54.6 Å². The average molecular weight is 377 g/mol. The SMILES string of the molecule is O=C(NCc1ccc(C(=O)N2CCC(Cc3ccccc3)CC2)cc1)C1CC1. The Kier molecular flexibility index (Phi) is 5.75. The van der Waals surface area contributed by atoms with Crippen LogP contribution in [0.1, 0.15) is 47.2 Å². The minimum absolute atomic E-state index is 0.117. The van der Waals surface area contributed by atoms with Gasteiger partial charge >= 0.3 is 0 Å². The number of nitrogens with one attached hydrogen (secondary N) is 1. The molecule has 0 radical (unpaired) electrons. The third-order valence-electron chi connectivity index (χ3n) is 5.88. The van der Waals surface area contributed by atoms with Gasteiger partial charge in [-0.15, -0.1) is 0 Å². The Hall–Kier alpha value is -2.62. The number of rotatable bonds is 6. The second kappa shape index (κ2) is 8.59. The molecule has 0 aromatic heterocycles. The van der Waals surface area contributed by atoms with Crippen LogP contribution in [-0.2, 0) is 17.8 Å². The lowest BCUT2D eigenvalue weighted by Crippen LogP contribution is -2.38. The monoisotopic (exact) mass is 376 g/mol. The van der Waals surface area contributed by atoms with Gasteiger partial charge in [-0.05, 0) is 61.3 Å². The molecule has 0 bridgehead atoms. The number of hydrogen-bond donors (Lipinski definition) is 1. The molecule has 4 nitrogen and oxygen atoms in total. The fourth-order valence-corrected chi connectivity index (χ4v) is 3.91. The maximum atomic E-state index is 12.8. The second-order valence-corrected chi connectivity index (χ2v) is 8.11. The summed E-state index contributed by atoms with van der Waals surface area (Å²) in [5.74, 6) is 1.15. The van der Waals surface area contributed by atoms with E-state index in [9.17, 15) is 9.59 Å². The minimum atomic E-state index is 0.117. The van der Waals surface area contributed by atoms with E-state index in [4.69, 9.17) is 0 Å². The number of benzene rings is 2. The predicted octanol–water partition coefficient (Wildman–Crippen LogP) is 3.81. The van der Waals surface area contributed by atoms with E-state index in [0.29, 0.717) is 12.5 Å². The standard InChI is InChI=1S/C24H28N2O2/c27-23(21-10-11-21)25-17-20-6-8-22(9-7-20)24(28)26-14-12-19(13-15-26)16-18-4-2-1-3-5-18/h1-9,19,21H,10-17H2,(H,25,27). The van der Waals surface area contributed by atoms with Gasteiger partial charge in [-0.3, -0.25) is 9.59 Å². The fourth-order valence-electron chi connectivity index (χ4n) is 3.91. The molecule has 1 aliphatic heterocycles. The van der Waals surface area contributed by atoms with Gasteiger partial charge in [0.25, 0.3) is 5.91 Å². The van der Waals surface area contributed by atoms with Crippen molar-refractivity contribution in [3.63, 3.8) is 0 Å². The van der Waals surface area contributed by atoms with E-state index in [-0.39, 0.29) is 17.7 Å². The summed E-state index contributed by atoms with van der Waals surface area (Å²) in [5.41, 5.74) is 3.16. The zero-order valence-corrected chi connectivity index (χ0v) is 16.3. The van der Waals surface area contributed by atoms with Crippen LogP contribution in [0.25, 0.3) is 0 Å². The first-order valence-corrected chi connectivity index (χ1v) is 10.4. The first-order valence-electron chi connectivity index (χ1n) is 10.4. The molecule has 2 fully saturated rings. The summed E-state index contributed by atoms with van der Waals surface area (Å²) >= 11 is 0. The molecular weight excluding hydrogens is 348 g/mol. The summed E-state index contributed by atoms with van der Waals surface area (Å²) < 4.78 is 0. The van der Waals surface area contributed by atoms with E-state index in [0.717, 1.165) is 56.3 Å². The average Bonchev–Trinajstić information content (AvgIpc) is 3.59. The summed E-state index contributed by atoms with van der Waals surface area (Å²) in [6.45, 7) is 2.19. The van der Waals surface area contributed by atoms with E-state index in [1.54, 1.807) is 0 Å². The van der Waals surface area contributed by atoms with Gasteiger partial charge in [0, 0.05) is 31.1 Å². The van der Waals surface area contributed by atoms with Crippen LogP contribution in [0.3, 0.4) is 0 Å². The van der Waals surface area contributed by atoms with Crippen LogP contribution in [0.2, 0.25) is 0 Å². The molecule has 4 rings (SSSR count). The van der Waals surface area contributed by atoms with E-state index >= 15 is 0 Å². The van der Waals surface area contributed by atoms with Gasteiger partial charge in [0.1, 0.15) is 0 Å². The van der Waals surface area contributed by atoms with Crippen molar-refractivity contribution in [1.82, 2.24) is 10.2 Å². The number of carbonyl (C=O) groups excluding carboxylic acids is 2. The Bertz CT molecular complexity index is 804. The van der Waals surface area contributed by atoms with Crippen molar-refractivity contribution in [3.8, 4) is 0 Å². The molecule has 2 aromatic rings. The fraction of sp³-hybridized carbons (Fsp3) is 0.417. The highest BCUT2D eigenvalue weighted by atomic mass is 16.2. The lowest BCUT2D eigenvalue weighted by molar-refractivity contribution is -0.122. The van der Waals surface area contributed by atoms with Crippen molar-refractivity contribution in [3.05, 3.63) is 71.3 Å². The van der Waals surface area contributed by atoms with Gasteiger partial charge in [0.05, 0.1) is 0 Å². The third-order valence-corrected chi connectivity index (χ3v) is 5.88. The molecule has 2 aromatic carbocycles. The number of likely N-dealkylation sites (tertiary alicyclic amines) is 1. The normalized spacial score (nSPS) is 17.4. The Morgan fingerprint density at radius 2 is 1.54 bits per heavy atom. The van der Waals surface area contributed by atoms with Crippen LogP contribution in [0.4, 0.5) is 0 Å². The molecule has 146 valence electrons. The van der Waals surface area contributed by atoms with E-state index in [2.05, 4.69) is 35.6 Å². The molecule has 1 aliphatic carbocycles. The maximum absolute atomic E-state index is 12.8. The van der Waals surface area contributed by atoms with E-state index in [1.807, 2.05) is 29.2 Å². The van der Waals surface area contributed by atoms with Crippen LogP contribution in [0.5, 0.6) is 0 Å². The number of piperidine rings is 1. The molecule has 1 heterocycles. The molecule has 4 heteroatoms. The first-order chi connectivity index (χ1) is 13.7. The van der Waals surface area contributed by atoms with Crippen molar-refractivity contribution in [1.29, 1.82) is 0 Å². The summed E-state index contributed by atoms with van der Waals surface area (Å²) in [6.07, 6.45) is 5.25. The zero-order valence-electron chi connectivity index (χ0n) is 16.3. The molecule has 0 unspecified atom stereocenters. The van der Waals surface area contributed by atoms with Gasteiger partial charge in [-0.1, -0.05) is 42.5 Å². The number of nitrogens with zero attached hydrogens (tertiary/aromatic N) is 1. The summed E-state index contributed by atoms with van der Waals surface area (Å²) in [4.78, 5) is 26.5. The van der Waals surface area contributed by atoms with Crippen LogP contribution >= 0.6 is 0 Å². The lowest BCUT2D eigenvalue weighted by atomic mass is 9.90. The molecule has 0 atom stereocenters. The van der Waals surface area contributed by atoms with E-state index in [1.165, 1.54) is 5.56 Å². The highest BCUT2D eigenvalue weighted by Gasteiger charge is 2.29. The van der Waals surface area contributed by atoms with Gasteiger partial charge in [0.15, 0.2) is 0 Å². The Labute approximate surface area is 166 Å². The third kappa shape index (κ3) is 4.80. The minimum Gasteiger partial charge on any atom is -0.352 e. The first kappa shape index (κ1) is 18.7. The van der Waals surface area contributed by atoms with Gasteiger partial charge in [-0.25, -0.2) is 0 Å². The Morgan fingerprint density at radius 3 is 2.18 bits per heavy atom.